The van der Waals surface area contributed by atoms with Crippen molar-refractivity contribution in [3.63, 3.8) is 0 Å². The summed E-state index contributed by atoms with van der Waals surface area (Å²) in [6.07, 6.45) is 5.83. The summed E-state index contributed by atoms with van der Waals surface area (Å²) in [6, 6.07) is 2.68. The fourth-order valence-electron chi connectivity index (χ4n) is 3.66. The number of anilines is 1. The molecule has 0 aliphatic heterocycles. The molecule has 1 aromatic carbocycles. The number of ether oxygens (including phenoxy) is 2. The summed E-state index contributed by atoms with van der Waals surface area (Å²) in [6.45, 7) is 10.8. The highest BCUT2D eigenvalue weighted by Gasteiger charge is 2.26. The third-order valence-corrected chi connectivity index (χ3v) is 5.37. The van der Waals surface area contributed by atoms with Crippen LogP contribution >= 0.6 is 11.6 Å². The van der Waals surface area contributed by atoms with Gasteiger partial charge in [0, 0.05) is 36.1 Å². The van der Waals surface area contributed by atoms with Gasteiger partial charge in [0.25, 0.3) is 0 Å². The van der Waals surface area contributed by atoms with Crippen LogP contribution in [0.3, 0.4) is 0 Å². The van der Waals surface area contributed by atoms with Gasteiger partial charge in [-0.1, -0.05) is 6.58 Å². The molecule has 0 saturated carbocycles. The minimum atomic E-state index is -0.751. The van der Waals surface area contributed by atoms with E-state index >= 15 is 4.39 Å². The first kappa shape index (κ1) is 27.7. The summed E-state index contributed by atoms with van der Waals surface area (Å²) >= 11 is 5.54. The van der Waals surface area contributed by atoms with Crippen molar-refractivity contribution in [3.05, 3.63) is 53.7 Å². The number of rotatable bonds is 7. The Kier molecular flexibility index (Phi) is 8.22. The fraction of sp³-hybridized carbons (Fsp3) is 0.308. The predicted molar refractivity (Wildman–Crippen MR) is 142 cm³/mol. The highest BCUT2D eigenvalue weighted by atomic mass is 35.5. The molecule has 0 spiro atoms. The van der Waals surface area contributed by atoms with Crippen molar-refractivity contribution in [2.75, 3.05) is 18.3 Å². The number of alkyl halides is 1. The molecule has 2 heterocycles. The highest BCUT2D eigenvalue weighted by molar-refractivity contribution is 6.29. The Morgan fingerprint density at radius 2 is 2.00 bits per heavy atom. The van der Waals surface area contributed by atoms with E-state index in [0.29, 0.717) is 28.1 Å². The molecule has 37 heavy (non-hydrogen) atoms. The van der Waals surface area contributed by atoms with Gasteiger partial charge < -0.3 is 14.8 Å². The van der Waals surface area contributed by atoms with E-state index in [9.17, 15) is 9.59 Å². The van der Waals surface area contributed by atoms with Crippen LogP contribution in [-0.2, 0) is 16.6 Å². The van der Waals surface area contributed by atoms with Crippen molar-refractivity contribution in [2.45, 2.75) is 33.3 Å². The van der Waals surface area contributed by atoms with Crippen molar-refractivity contribution in [1.29, 1.82) is 0 Å². The van der Waals surface area contributed by atoms with Gasteiger partial charge in [0.2, 0.25) is 5.91 Å². The molecule has 3 aromatic rings. The van der Waals surface area contributed by atoms with E-state index in [1.807, 2.05) is 0 Å². The van der Waals surface area contributed by atoms with Crippen LogP contribution < -0.4 is 10.1 Å². The minimum Gasteiger partial charge on any atom is -0.496 e. The maximum atomic E-state index is 15.3. The Morgan fingerprint density at radius 1 is 1.30 bits per heavy atom. The van der Waals surface area contributed by atoms with Gasteiger partial charge in [-0.15, -0.1) is 11.6 Å². The third kappa shape index (κ3) is 6.26. The van der Waals surface area contributed by atoms with E-state index in [0.717, 1.165) is 4.68 Å². The molecule has 11 heteroatoms. The largest absolute Gasteiger partial charge is 0.496 e. The molecule has 2 aromatic heterocycles. The Hall–Kier alpha value is -3.92. The summed E-state index contributed by atoms with van der Waals surface area (Å²) in [4.78, 5) is 24.6. The molecule has 9 nitrogen and oxygen atoms in total. The number of hydrogen-bond acceptors (Lipinski definition) is 6. The van der Waals surface area contributed by atoms with Crippen LogP contribution in [0, 0.1) is 5.82 Å². The number of amides is 1. The number of carbonyl (C=O) groups is 2. The molecule has 0 aliphatic carbocycles. The second-order valence-corrected chi connectivity index (χ2v) is 9.46. The average Bonchev–Trinajstić information content (AvgIpc) is 3.40. The van der Waals surface area contributed by atoms with Gasteiger partial charge in [-0.25, -0.2) is 9.18 Å². The van der Waals surface area contributed by atoms with E-state index in [4.69, 9.17) is 21.1 Å². The zero-order chi connectivity index (χ0) is 27.5. The average molecular weight is 530 g/mol. The van der Waals surface area contributed by atoms with E-state index in [1.54, 1.807) is 57.9 Å². The summed E-state index contributed by atoms with van der Waals surface area (Å²) in [5, 5.41) is 11.2. The molecule has 0 radical (unpaired) electrons. The molecule has 0 atom stereocenters. The van der Waals surface area contributed by atoms with Crippen LogP contribution in [0.15, 0.2) is 31.1 Å². The fourth-order valence-corrected chi connectivity index (χ4v) is 3.73. The predicted octanol–water partition coefficient (Wildman–Crippen LogP) is 5.60. The molecule has 0 bridgehead atoms. The number of carbonyl (C=O) groups excluding carboxylic acids is 2. The molecule has 0 fully saturated rings. The quantitative estimate of drug-likeness (QED) is 0.400. The molecule has 0 unspecified atom stereocenters. The molecule has 1 N–H and O–H groups in total. The smallest absolute Gasteiger partial charge is 0.435 e. The lowest BCUT2D eigenvalue weighted by Crippen LogP contribution is -2.28. The summed E-state index contributed by atoms with van der Waals surface area (Å²) < 4.78 is 29.0. The topological polar surface area (TPSA) is 100 Å². The highest BCUT2D eigenvalue weighted by Crippen LogP contribution is 2.36. The minimum absolute atomic E-state index is 0.170. The number of methoxy groups -OCH3 is 1. The first-order chi connectivity index (χ1) is 17.4. The molecular formula is C26H29ClFN5O4. The normalized spacial score (nSPS) is 11.8. The van der Waals surface area contributed by atoms with Crippen molar-refractivity contribution >= 4 is 47.0 Å². The van der Waals surface area contributed by atoms with Gasteiger partial charge >= 0.3 is 6.09 Å². The maximum Gasteiger partial charge on any atom is 0.435 e. The van der Waals surface area contributed by atoms with Crippen molar-refractivity contribution < 1.29 is 23.5 Å². The molecule has 1 amide bonds. The number of nitrogens with one attached hydrogen (secondary N) is 1. The van der Waals surface area contributed by atoms with Crippen molar-refractivity contribution in [1.82, 2.24) is 19.6 Å². The van der Waals surface area contributed by atoms with E-state index in [-0.39, 0.29) is 22.9 Å². The van der Waals surface area contributed by atoms with E-state index in [1.165, 1.54) is 25.3 Å². The SMILES string of the molecule is C=Cc1c(/C=C(\C)c2c(F)cc(NC(=O)CCl)cc2OC)c(-c2cnn(C)c2)nn1C(=O)OC(C)(C)C. The van der Waals surface area contributed by atoms with Gasteiger partial charge in [-0.05, 0) is 51.5 Å². The maximum absolute atomic E-state index is 15.3. The Morgan fingerprint density at radius 3 is 2.54 bits per heavy atom. The summed E-state index contributed by atoms with van der Waals surface area (Å²) in [7, 11) is 3.16. The molecular weight excluding hydrogens is 501 g/mol. The lowest BCUT2D eigenvalue weighted by Gasteiger charge is -2.19. The van der Waals surface area contributed by atoms with Crippen LogP contribution in [0.5, 0.6) is 5.75 Å². The lowest BCUT2D eigenvalue weighted by molar-refractivity contribution is -0.113. The molecule has 3 rings (SSSR count). The first-order valence-corrected chi connectivity index (χ1v) is 11.8. The molecule has 0 saturated heterocycles. The number of aromatic nitrogens is 4. The monoisotopic (exact) mass is 529 g/mol. The van der Waals surface area contributed by atoms with Gasteiger partial charge in [0.1, 0.15) is 28.7 Å². The second kappa shape index (κ2) is 11.0. The van der Waals surface area contributed by atoms with Crippen LogP contribution in [-0.4, -0.2) is 50.2 Å². The van der Waals surface area contributed by atoms with E-state index in [2.05, 4.69) is 22.1 Å². The van der Waals surface area contributed by atoms with Gasteiger partial charge in [0.05, 0.1) is 24.6 Å². The molecule has 0 aliphatic rings. The summed E-state index contributed by atoms with van der Waals surface area (Å²) in [5.74, 6) is -1.18. The number of halogens is 2. The Labute approximate surface area is 219 Å². The van der Waals surface area contributed by atoms with Gasteiger partial charge in [-0.3, -0.25) is 9.48 Å². The number of aryl methyl sites for hydroxylation is 1. The third-order valence-electron chi connectivity index (χ3n) is 5.13. The van der Waals surface area contributed by atoms with Crippen molar-refractivity contribution in [3.8, 4) is 17.0 Å². The Balaban J connectivity index is 2.21. The van der Waals surface area contributed by atoms with Crippen LogP contribution in [0.2, 0.25) is 0 Å². The van der Waals surface area contributed by atoms with Crippen LogP contribution in [0.1, 0.15) is 44.5 Å². The second-order valence-electron chi connectivity index (χ2n) is 9.19. The number of nitrogens with zero attached hydrogens (tertiary/aromatic N) is 4. The Bertz CT molecular complexity index is 1380. The number of allylic oxidation sites excluding steroid dienone is 1. The summed E-state index contributed by atoms with van der Waals surface area (Å²) in [5.41, 5.74) is 2.03. The first-order valence-electron chi connectivity index (χ1n) is 11.3. The standard InChI is InChI=1S/C26H29ClFN5O4/c1-8-20-18(9-15(2)23-19(28)10-17(11-21(23)36-7)30-22(34)12-27)24(16-13-29-32(6)14-16)31-33(20)25(35)37-26(3,4)5/h8-11,13-14H,1,12H2,2-7H3,(H,30,34)/b15-9+. The van der Waals surface area contributed by atoms with Crippen LogP contribution in [0.25, 0.3) is 29.0 Å². The van der Waals surface area contributed by atoms with Gasteiger partial charge in [-0.2, -0.15) is 14.9 Å². The van der Waals surface area contributed by atoms with Crippen LogP contribution in [0.4, 0.5) is 14.9 Å². The lowest BCUT2D eigenvalue weighted by atomic mass is 9.99. The zero-order valence-electron chi connectivity index (χ0n) is 21.6. The van der Waals surface area contributed by atoms with Crippen molar-refractivity contribution in [2.24, 2.45) is 7.05 Å². The number of hydrogen-bond donors (Lipinski definition) is 1. The van der Waals surface area contributed by atoms with Gasteiger partial charge in [0.15, 0.2) is 0 Å². The number of benzene rings is 1. The van der Waals surface area contributed by atoms with E-state index < -0.39 is 23.4 Å². The molecule has 196 valence electrons. The zero-order valence-corrected chi connectivity index (χ0v) is 22.3.